The minimum absolute atomic E-state index is 0.607. The topological polar surface area (TPSA) is 65.7 Å². The lowest BCUT2D eigenvalue weighted by atomic mass is 10.5. The first-order chi connectivity index (χ1) is 6.91. The minimum Gasteiger partial charge on any atom is -0.379 e. The van der Waals surface area contributed by atoms with Crippen molar-refractivity contribution in [1.82, 2.24) is 5.43 Å². The Bertz CT molecular complexity index is 92.1. The third-order valence-electron chi connectivity index (χ3n) is 1.48. The molecule has 0 heterocycles. The van der Waals surface area contributed by atoms with Gasteiger partial charge in [0.2, 0.25) is 0 Å². The fourth-order valence-corrected chi connectivity index (χ4v) is 0.817. The van der Waals surface area contributed by atoms with E-state index in [-0.39, 0.29) is 0 Å². The van der Waals surface area contributed by atoms with Gasteiger partial charge in [-0.15, -0.1) is 0 Å². The molecule has 0 rings (SSSR count). The fourth-order valence-electron chi connectivity index (χ4n) is 0.817. The second-order valence-electron chi connectivity index (χ2n) is 2.79. The molecule has 0 aromatic heterocycles. The van der Waals surface area contributed by atoms with Gasteiger partial charge in [-0.25, -0.2) is 0 Å². The molecule has 0 amide bonds. The van der Waals surface area contributed by atoms with Gasteiger partial charge in [-0.3, -0.25) is 11.3 Å². The highest BCUT2D eigenvalue weighted by molar-refractivity contribution is 4.36. The Hall–Kier alpha value is -0.200. The molecule has 0 saturated heterocycles. The molecular weight excluding hydrogens is 184 g/mol. The SMILES string of the molecule is CCCOCCOCCOCCNN. The molecule has 5 nitrogen and oxygen atoms in total. The summed E-state index contributed by atoms with van der Waals surface area (Å²) in [6.07, 6.45) is 1.05. The molecule has 0 aliphatic carbocycles. The molecule has 86 valence electrons. The van der Waals surface area contributed by atoms with Crippen LogP contribution in [0.2, 0.25) is 0 Å². The Morgan fingerprint density at radius 2 is 1.36 bits per heavy atom. The van der Waals surface area contributed by atoms with Crippen LogP contribution in [0.25, 0.3) is 0 Å². The molecular formula is C9H22N2O3. The molecule has 0 aliphatic heterocycles. The van der Waals surface area contributed by atoms with Crippen LogP contribution in [0.1, 0.15) is 13.3 Å². The summed E-state index contributed by atoms with van der Waals surface area (Å²) in [6.45, 7) is 6.69. The largest absolute Gasteiger partial charge is 0.379 e. The molecule has 0 saturated carbocycles. The minimum atomic E-state index is 0.607. The summed E-state index contributed by atoms with van der Waals surface area (Å²) in [5.74, 6) is 5.06. The monoisotopic (exact) mass is 206 g/mol. The van der Waals surface area contributed by atoms with E-state index in [2.05, 4.69) is 12.3 Å². The van der Waals surface area contributed by atoms with E-state index in [4.69, 9.17) is 20.1 Å². The number of rotatable bonds is 11. The van der Waals surface area contributed by atoms with E-state index in [0.29, 0.717) is 39.6 Å². The first-order valence-corrected chi connectivity index (χ1v) is 5.08. The van der Waals surface area contributed by atoms with Crippen LogP contribution >= 0.6 is 0 Å². The maximum Gasteiger partial charge on any atom is 0.0701 e. The third kappa shape index (κ3) is 11.8. The zero-order valence-electron chi connectivity index (χ0n) is 8.96. The van der Waals surface area contributed by atoms with Crippen LogP contribution < -0.4 is 11.3 Å². The summed E-state index contributed by atoms with van der Waals surface area (Å²) in [5, 5.41) is 0. The van der Waals surface area contributed by atoms with E-state index >= 15 is 0 Å². The van der Waals surface area contributed by atoms with Crippen molar-refractivity contribution in [3.63, 3.8) is 0 Å². The summed E-state index contributed by atoms with van der Waals surface area (Å²) in [5.41, 5.74) is 2.51. The lowest BCUT2D eigenvalue weighted by molar-refractivity contribution is 0.0153. The number of ether oxygens (including phenoxy) is 3. The molecule has 5 heteroatoms. The van der Waals surface area contributed by atoms with Crippen LogP contribution in [0.5, 0.6) is 0 Å². The Labute approximate surface area is 85.9 Å². The Morgan fingerprint density at radius 1 is 0.857 bits per heavy atom. The predicted molar refractivity (Wildman–Crippen MR) is 54.9 cm³/mol. The van der Waals surface area contributed by atoms with Crippen LogP contribution in [-0.4, -0.2) is 46.2 Å². The van der Waals surface area contributed by atoms with Gasteiger partial charge in [-0.2, -0.15) is 0 Å². The van der Waals surface area contributed by atoms with E-state index in [1.807, 2.05) is 0 Å². The molecule has 0 atom stereocenters. The zero-order valence-corrected chi connectivity index (χ0v) is 8.96. The van der Waals surface area contributed by atoms with E-state index < -0.39 is 0 Å². The molecule has 0 aliphatic rings. The summed E-state index contributed by atoms with van der Waals surface area (Å²) >= 11 is 0. The van der Waals surface area contributed by atoms with Crippen LogP contribution in [0, 0.1) is 0 Å². The molecule has 0 spiro atoms. The van der Waals surface area contributed by atoms with Gasteiger partial charge < -0.3 is 14.2 Å². The number of nitrogens with two attached hydrogens (primary N) is 1. The third-order valence-corrected chi connectivity index (χ3v) is 1.48. The summed E-state index contributed by atoms with van der Waals surface area (Å²) < 4.78 is 15.7. The molecule has 0 aromatic rings. The van der Waals surface area contributed by atoms with Gasteiger partial charge >= 0.3 is 0 Å². The van der Waals surface area contributed by atoms with Gasteiger partial charge in [0.1, 0.15) is 0 Å². The van der Waals surface area contributed by atoms with Gasteiger partial charge in [-0.05, 0) is 6.42 Å². The molecule has 0 bridgehead atoms. The van der Waals surface area contributed by atoms with E-state index in [0.717, 1.165) is 13.0 Å². The normalized spacial score (nSPS) is 10.7. The average molecular weight is 206 g/mol. The molecule has 0 radical (unpaired) electrons. The Kier molecular flexibility index (Phi) is 12.6. The lowest BCUT2D eigenvalue weighted by Crippen LogP contribution is -2.26. The van der Waals surface area contributed by atoms with Gasteiger partial charge in [0, 0.05) is 13.2 Å². The quantitative estimate of drug-likeness (QED) is 0.281. The lowest BCUT2D eigenvalue weighted by Gasteiger charge is -2.05. The molecule has 0 aromatic carbocycles. The van der Waals surface area contributed by atoms with Gasteiger partial charge in [0.05, 0.1) is 33.0 Å². The molecule has 14 heavy (non-hydrogen) atoms. The first-order valence-electron chi connectivity index (χ1n) is 5.08. The number of hydrogen-bond acceptors (Lipinski definition) is 5. The van der Waals surface area contributed by atoms with Crippen LogP contribution in [0.15, 0.2) is 0 Å². The van der Waals surface area contributed by atoms with Crippen LogP contribution in [0.3, 0.4) is 0 Å². The average Bonchev–Trinajstić information content (AvgIpc) is 2.21. The zero-order chi connectivity index (χ0) is 10.5. The van der Waals surface area contributed by atoms with Crippen molar-refractivity contribution in [1.29, 1.82) is 0 Å². The number of hydrogen-bond donors (Lipinski definition) is 2. The van der Waals surface area contributed by atoms with Crippen molar-refractivity contribution < 1.29 is 14.2 Å². The molecule has 0 fully saturated rings. The van der Waals surface area contributed by atoms with Gasteiger partial charge in [0.15, 0.2) is 0 Å². The highest BCUT2D eigenvalue weighted by Crippen LogP contribution is 1.82. The maximum absolute atomic E-state index is 5.26. The van der Waals surface area contributed by atoms with Crippen LogP contribution in [0.4, 0.5) is 0 Å². The van der Waals surface area contributed by atoms with Crippen molar-refractivity contribution >= 4 is 0 Å². The summed E-state index contributed by atoms with van der Waals surface area (Å²) in [4.78, 5) is 0. The molecule has 3 N–H and O–H groups in total. The van der Waals surface area contributed by atoms with Crippen molar-refractivity contribution in [2.75, 3.05) is 46.2 Å². The van der Waals surface area contributed by atoms with E-state index in [1.54, 1.807) is 0 Å². The Balaban J connectivity index is 2.78. The van der Waals surface area contributed by atoms with E-state index in [1.165, 1.54) is 0 Å². The summed E-state index contributed by atoms with van der Waals surface area (Å²) in [6, 6.07) is 0. The smallest absolute Gasteiger partial charge is 0.0701 e. The van der Waals surface area contributed by atoms with Gasteiger partial charge in [0.25, 0.3) is 0 Å². The standard InChI is InChI=1S/C9H22N2O3/c1-2-4-12-6-8-14-9-7-13-5-3-11-10/h11H,2-10H2,1H3. The maximum atomic E-state index is 5.26. The molecule has 0 unspecified atom stereocenters. The fraction of sp³-hybridized carbons (Fsp3) is 1.00. The summed E-state index contributed by atoms with van der Waals surface area (Å²) in [7, 11) is 0. The van der Waals surface area contributed by atoms with Crippen LogP contribution in [-0.2, 0) is 14.2 Å². The second-order valence-corrected chi connectivity index (χ2v) is 2.79. The second kappa shape index (κ2) is 12.8. The van der Waals surface area contributed by atoms with Crippen molar-refractivity contribution in [2.45, 2.75) is 13.3 Å². The highest BCUT2D eigenvalue weighted by atomic mass is 16.5. The Morgan fingerprint density at radius 3 is 1.86 bits per heavy atom. The van der Waals surface area contributed by atoms with Crippen molar-refractivity contribution in [3.8, 4) is 0 Å². The number of nitrogens with one attached hydrogen (secondary N) is 1. The first kappa shape index (κ1) is 13.8. The van der Waals surface area contributed by atoms with Crippen molar-refractivity contribution in [2.24, 2.45) is 5.84 Å². The number of hydrazine groups is 1. The predicted octanol–water partition coefficient (Wildman–Crippen LogP) is -0.0905. The highest BCUT2D eigenvalue weighted by Gasteiger charge is 1.90. The van der Waals surface area contributed by atoms with Crippen molar-refractivity contribution in [3.05, 3.63) is 0 Å². The van der Waals surface area contributed by atoms with Gasteiger partial charge in [-0.1, -0.05) is 6.92 Å². The van der Waals surface area contributed by atoms with E-state index in [9.17, 15) is 0 Å².